The van der Waals surface area contributed by atoms with Crippen LogP contribution in [0.4, 0.5) is 0 Å². The molecule has 0 heterocycles. The maximum atomic E-state index is 11.9. The van der Waals surface area contributed by atoms with Gasteiger partial charge in [0.15, 0.2) is 0 Å². The topological polar surface area (TPSA) is 17.1 Å². The van der Waals surface area contributed by atoms with Gasteiger partial charge in [-0.15, -0.1) is 0 Å². The minimum Gasteiger partial charge on any atom is -0.300 e. The maximum absolute atomic E-state index is 11.9. The number of Topliss-reactive ketones (excluding diaryl/α,β-unsaturated/α-hetero) is 1. The van der Waals surface area contributed by atoms with Crippen molar-refractivity contribution >= 4 is 5.78 Å². The first-order valence-corrected chi connectivity index (χ1v) is 14.3. The largest absolute Gasteiger partial charge is 0.300 e. The van der Waals surface area contributed by atoms with Gasteiger partial charge in [0, 0.05) is 12.8 Å². The lowest BCUT2D eigenvalue weighted by atomic mass is 10.0. The summed E-state index contributed by atoms with van der Waals surface area (Å²) in [6.45, 7) is 4.54. The van der Waals surface area contributed by atoms with Crippen molar-refractivity contribution in [3.63, 3.8) is 0 Å². The number of carbonyl (C=O) groups excluding carboxylic acids is 1. The molecule has 0 saturated heterocycles. The van der Waals surface area contributed by atoms with E-state index in [-0.39, 0.29) is 0 Å². The van der Waals surface area contributed by atoms with Gasteiger partial charge in [0.2, 0.25) is 0 Å². The molecule has 180 valence electrons. The molecular weight excluding hydrogens is 364 g/mol. The number of ketones is 1. The van der Waals surface area contributed by atoms with E-state index in [1.165, 1.54) is 141 Å². The minimum absolute atomic E-state index is 0.512. The van der Waals surface area contributed by atoms with Crippen molar-refractivity contribution in [1.82, 2.24) is 0 Å². The summed E-state index contributed by atoms with van der Waals surface area (Å²) < 4.78 is 0. The Morgan fingerprint density at radius 3 is 0.767 bits per heavy atom. The lowest BCUT2D eigenvalue weighted by Crippen LogP contribution is -1.97. The summed E-state index contributed by atoms with van der Waals surface area (Å²) in [5.74, 6) is 0.512. The zero-order valence-electron chi connectivity index (χ0n) is 21.3. The fraction of sp³-hybridized carbons (Fsp3) is 0.966. The normalized spacial score (nSPS) is 11.3. The Balaban J connectivity index is 3.08. The number of rotatable bonds is 26. The zero-order chi connectivity index (χ0) is 22.0. The van der Waals surface area contributed by atoms with E-state index >= 15 is 0 Å². The SMILES string of the molecule is CCCCCCCCCCCCCCCCCCCCCC(=O)CCCCCCC. The Bertz CT molecular complexity index is 322. The third-order valence-corrected chi connectivity index (χ3v) is 6.62. The second kappa shape index (κ2) is 26.7. The molecule has 0 saturated carbocycles. The van der Waals surface area contributed by atoms with Crippen LogP contribution in [0.25, 0.3) is 0 Å². The van der Waals surface area contributed by atoms with E-state index in [1.54, 1.807) is 0 Å². The predicted octanol–water partition coefficient (Wildman–Crippen LogP) is 10.7. The minimum atomic E-state index is 0.512. The molecule has 1 heteroatoms. The molecule has 0 fully saturated rings. The van der Waals surface area contributed by atoms with Crippen molar-refractivity contribution in [2.45, 2.75) is 181 Å². The smallest absolute Gasteiger partial charge is 0.132 e. The van der Waals surface area contributed by atoms with Crippen molar-refractivity contribution < 1.29 is 4.79 Å². The first-order valence-electron chi connectivity index (χ1n) is 14.3. The second-order valence-corrected chi connectivity index (χ2v) is 9.82. The van der Waals surface area contributed by atoms with Crippen molar-refractivity contribution in [3.05, 3.63) is 0 Å². The molecule has 30 heavy (non-hydrogen) atoms. The summed E-state index contributed by atoms with van der Waals surface area (Å²) in [5.41, 5.74) is 0. The third-order valence-electron chi connectivity index (χ3n) is 6.62. The Morgan fingerprint density at radius 1 is 0.333 bits per heavy atom. The monoisotopic (exact) mass is 422 g/mol. The molecule has 0 N–H and O–H groups in total. The summed E-state index contributed by atoms with van der Waals surface area (Å²) >= 11 is 0. The molecule has 0 aliphatic carbocycles. The number of hydrogen-bond acceptors (Lipinski definition) is 1. The number of carbonyl (C=O) groups is 1. The second-order valence-electron chi connectivity index (χ2n) is 9.82. The fourth-order valence-corrected chi connectivity index (χ4v) is 4.45. The average molecular weight is 423 g/mol. The molecule has 0 aromatic carbocycles. The fourth-order valence-electron chi connectivity index (χ4n) is 4.45. The van der Waals surface area contributed by atoms with Crippen molar-refractivity contribution in [2.24, 2.45) is 0 Å². The van der Waals surface area contributed by atoms with Crippen LogP contribution in [0.15, 0.2) is 0 Å². The van der Waals surface area contributed by atoms with E-state index < -0.39 is 0 Å². The van der Waals surface area contributed by atoms with Crippen LogP contribution in [-0.4, -0.2) is 5.78 Å². The molecule has 0 amide bonds. The van der Waals surface area contributed by atoms with Gasteiger partial charge in [-0.25, -0.2) is 0 Å². The van der Waals surface area contributed by atoms with Gasteiger partial charge in [-0.2, -0.15) is 0 Å². The lowest BCUT2D eigenvalue weighted by molar-refractivity contribution is -0.119. The van der Waals surface area contributed by atoms with Gasteiger partial charge in [0.1, 0.15) is 5.78 Å². The van der Waals surface area contributed by atoms with Crippen LogP contribution in [0, 0.1) is 0 Å². The molecule has 0 radical (unpaired) electrons. The number of unbranched alkanes of at least 4 members (excludes halogenated alkanes) is 22. The molecule has 0 bridgehead atoms. The highest BCUT2D eigenvalue weighted by Crippen LogP contribution is 2.15. The van der Waals surface area contributed by atoms with Gasteiger partial charge in [0.05, 0.1) is 0 Å². The third kappa shape index (κ3) is 25.7. The van der Waals surface area contributed by atoms with Gasteiger partial charge in [-0.3, -0.25) is 4.79 Å². The molecule has 0 aliphatic heterocycles. The van der Waals surface area contributed by atoms with Gasteiger partial charge in [-0.05, 0) is 12.8 Å². The van der Waals surface area contributed by atoms with Crippen molar-refractivity contribution in [2.75, 3.05) is 0 Å². The molecular formula is C29H58O. The van der Waals surface area contributed by atoms with Gasteiger partial charge >= 0.3 is 0 Å². The molecule has 0 unspecified atom stereocenters. The standard InChI is InChI=1S/C29H58O/c1-3-5-7-9-10-11-12-13-14-15-16-17-18-19-20-21-22-24-26-28-29(30)27-25-23-8-6-4-2/h3-28H2,1-2H3. The highest BCUT2D eigenvalue weighted by atomic mass is 16.1. The van der Waals surface area contributed by atoms with Crippen LogP contribution in [0.3, 0.4) is 0 Å². The summed E-state index contributed by atoms with van der Waals surface area (Å²) in [4.78, 5) is 11.9. The first-order chi connectivity index (χ1) is 14.8. The average Bonchev–Trinajstić information content (AvgIpc) is 2.75. The van der Waals surface area contributed by atoms with Crippen LogP contribution >= 0.6 is 0 Å². The van der Waals surface area contributed by atoms with E-state index in [1.807, 2.05) is 0 Å². The van der Waals surface area contributed by atoms with Gasteiger partial charge < -0.3 is 0 Å². The van der Waals surface area contributed by atoms with Crippen molar-refractivity contribution in [1.29, 1.82) is 0 Å². The maximum Gasteiger partial charge on any atom is 0.132 e. The Kier molecular flexibility index (Phi) is 26.4. The highest BCUT2D eigenvalue weighted by Gasteiger charge is 2.02. The van der Waals surface area contributed by atoms with Crippen LogP contribution in [0.2, 0.25) is 0 Å². The molecule has 0 aromatic heterocycles. The molecule has 0 spiro atoms. The van der Waals surface area contributed by atoms with E-state index in [0.29, 0.717) is 5.78 Å². The summed E-state index contributed by atoms with van der Waals surface area (Å²) in [7, 11) is 0. The quantitative estimate of drug-likeness (QED) is 0.127. The molecule has 0 aromatic rings. The van der Waals surface area contributed by atoms with Crippen LogP contribution in [0.1, 0.15) is 181 Å². The Morgan fingerprint density at radius 2 is 0.533 bits per heavy atom. The van der Waals surface area contributed by atoms with E-state index in [2.05, 4.69) is 13.8 Å². The molecule has 0 rings (SSSR count). The summed E-state index contributed by atoms with van der Waals surface area (Å²) in [5, 5.41) is 0. The van der Waals surface area contributed by atoms with E-state index in [0.717, 1.165) is 25.7 Å². The van der Waals surface area contributed by atoms with E-state index in [9.17, 15) is 4.79 Å². The molecule has 0 aliphatic rings. The predicted molar refractivity (Wildman–Crippen MR) is 136 cm³/mol. The Hall–Kier alpha value is -0.330. The lowest BCUT2D eigenvalue weighted by Gasteiger charge is -2.04. The van der Waals surface area contributed by atoms with Crippen molar-refractivity contribution in [3.8, 4) is 0 Å². The molecule has 0 atom stereocenters. The van der Waals surface area contributed by atoms with E-state index in [4.69, 9.17) is 0 Å². The zero-order valence-corrected chi connectivity index (χ0v) is 21.3. The molecule has 1 nitrogen and oxygen atoms in total. The first kappa shape index (κ1) is 29.7. The Labute approximate surface area is 191 Å². The van der Waals surface area contributed by atoms with Gasteiger partial charge in [-0.1, -0.05) is 155 Å². The summed E-state index contributed by atoms with van der Waals surface area (Å²) in [6.07, 6.45) is 34.8. The number of hydrogen-bond donors (Lipinski definition) is 0. The summed E-state index contributed by atoms with van der Waals surface area (Å²) in [6, 6.07) is 0. The highest BCUT2D eigenvalue weighted by molar-refractivity contribution is 5.78. The van der Waals surface area contributed by atoms with Crippen LogP contribution < -0.4 is 0 Å². The van der Waals surface area contributed by atoms with Crippen LogP contribution in [-0.2, 0) is 4.79 Å². The van der Waals surface area contributed by atoms with Gasteiger partial charge in [0.25, 0.3) is 0 Å². The van der Waals surface area contributed by atoms with Crippen LogP contribution in [0.5, 0.6) is 0 Å².